The first kappa shape index (κ1) is 18.1. The van der Waals surface area contributed by atoms with E-state index in [4.69, 9.17) is 4.74 Å². The van der Waals surface area contributed by atoms with E-state index in [9.17, 15) is 25.5 Å². The van der Waals surface area contributed by atoms with E-state index in [0.29, 0.717) is 19.3 Å². The van der Waals surface area contributed by atoms with E-state index in [1.165, 1.54) is 0 Å². The van der Waals surface area contributed by atoms with Crippen LogP contribution in [0.5, 0.6) is 0 Å². The molecule has 0 bridgehead atoms. The molecule has 1 heterocycles. The number of aliphatic hydroxyl groups excluding tert-OH is 3. The van der Waals surface area contributed by atoms with Gasteiger partial charge in [0.15, 0.2) is 5.79 Å². The Kier molecular flexibility index (Phi) is 5.85. The molecule has 0 aromatic carbocycles. The van der Waals surface area contributed by atoms with Gasteiger partial charge in [0.25, 0.3) is 0 Å². The molecule has 2 fully saturated rings. The highest BCUT2D eigenvalue weighted by Crippen LogP contribution is 2.46. The van der Waals surface area contributed by atoms with Gasteiger partial charge in [-0.15, -0.1) is 0 Å². The van der Waals surface area contributed by atoms with Gasteiger partial charge in [-0.25, -0.2) is 0 Å². The topological polar surface area (TPSA) is 110 Å². The van der Waals surface area contributed by atoms with E-state index in [2.05, 4.69) is 0 Å². The number of rotatable bonds is 5. The first-order chi connectivity index (χ1) is 10.4. The molecule has 2 rings (SSSR count). The second-order valence-corrected chi connectivity index (χ2v) is 6.86. The molecule has 6 nitrogen and oxygen atoms in total. The van der Waals surface area contributed by atoms with Crippen molar-refractivity contribution in [1.29, 1.82) is 0 Å². The van der Waals surface area contributed by atoms with Crippen LogP contribution in [0.4, 0.5) is 0 Å². The lowest BCUT2D eigenvalue weighted by Crippen LogP contribution is -2.74. The van der Waals surface area contributed by atoms with Gasteiger partial charge in [0.05, 0.1) is 6.61 Å². The number of hydrogen-bond donors (Lipinski definition) is 5. The van der Waals surface area contributed by atoms with Crippen LogP contribution >= 0.6 is 0 Å². The van der Waals surface area contributed by atoms with Gasteiger partial charge in [0, 0.05) is 6.42 Å². The first-order valence-electron chi connectivity index (χ1n) is 8.49. The second-order valence-electron chi connectivity index (χ2n) is 6.86. The third kappa shape index (κ3) is 3.05. The molecule has 1 saturated heterocycles. The van der Waals surface area contributed by atoms with Gasteiger partial charge < -0.3 is 30.3 Å². The largest absolute Gasteiger partial charge is 0.394 e. The average Bonchev–Trinajstić information content (AvgIpc) is 2.55. The molecule has 0 unspecified atom stereocenters. The van der Waals surface area contributed by atoms with Crippen molar-refractivity contribution in [2.24, 2.45) is 5.92 Å². The van der Waals surface area contributed by atoms with Crippen LogP contribution in [-0.4, -0.2) is 61.8 Å². The number of unbranched alkanes of at least 4 members (excludes halogenated alkanes) is 1. The zero-order valence-corrected chi connectivity index (χ0v) is 13.3. The van der Waals surface area contributed by atoms with Gasteiger partial charge in [0.2, 0.25) is 0 Å². The van der Waals surface area contributed by atoms with Gasteiger partial charge in [-0.2, -0.15) is 0 Å². The summed E-state index contributed by atoms with van der Waals surface area (Å²) in [7, 11) is 0. The molecule has 0 radical (unpaired) electrons. The molecule has 1 aliphatic heterocycles. The van der Waals surface area contributed by atoms with Crippen molar-refractivity contribution >= 4 is 0 Å². The summed E-state index contributed by atoms with van der Waals surface area (Å²) in [5, 5.41) is 52.4. The minimum atomic E-state index is -1.94. The van der Waals surface area contributed by atoms with Crippen LogP contribution in [0.3, 0.4) is 0 Å². The third-order valence-electron chi connectivity index (χ3n) is 5.37. The first-order valence-corrected chi connectivity index (χ1v) is 8.49. The van der Waals surface area contributed by atoms with Crippen molar-refractivity contribution in [2.75, 3.05) is 6.61 Å². The van der Waals surface area contributed by atoms with Crippen LogP contribution < -0.4 is 0 Å². The van der Waals surface area contributed by atoms with Gasteiger partial charge in [0.1, 0.15) is 23.9 Å². The zero-order valence-electron chi connectivity index (χ0n) is 13.3. The van der Waals surface area contributed by atoms with Crippen LogP contribution in [0.1, 0.15) is 58.3 Å². The summed E-state index contributed by atoms with van der Waals surface area (Å²) in [6.07, 6.45) is 1.74. The molecule has 6 heteroatoms. The predicted molar refractivity (Wildman–Crippen MR) is 80.0 cm³/mol. The summed E-state index contributed by atoms with van der Waals surface area (Å²) in [4.78, 5) is 0. The van der Waals surface area contributed by atoms with Crippen molar-refractivity contribution in [3.05, 3.63) is 0 Å². The highest BCUT2D eigenvalue weighted by atomic mass is 16.7. The van der Waals surface area contributed by atoms with Gasteiger partial charge >= 0.3 is 0 Å². The maximum atomic E-state index is 11.1. The van der Waals surface area contributed by atoms with Crippen molar-refractivity contribution in [1.82, 2.24) is 0 Å². The Morgan fingerprint density at radius 2 is 1.73 bits per heavy atom. The fourth-order valence-electron chi connectivity index (χ4n) is 4.00. The maximum absolute atomic E-state index is 11.1. The molecule has 2 aliphatic rings. The Hall–Kier alpha value is -0.240. The van der Waals surface area contributed by atoms with Crippen LogP contribution in [-0.2, 0) is 4.74 Å². The molecular weight excluding hydrogens is 288 g/mol. The Bertz CT molecular complexity index is 355. The van der Waals surface area contributed by atoms with E-state index < -0.39 is 36.3 Å². The van der Waals surface area contributed by atoms with Crippen LogP contribution in [0, 0.1) is 5.92 Å². The van der Waals surface area contributed by atoms with E-state index in [-0.39, 0.29) is 12.3 Å². The molecule has 130 valence electrons. The number of hydrogen-bond acceptors (Lipinski definition) is 6. The van der Waals surface area contributed by atoms with Crippen LogP contribution in [0.25, 0.3) is 0 Å². The summed E-state index contributed by atoms with van der Waals surface area (Å²) in [5.74, 6) is -2.24. The molecule has 1 aliphatic carbocycles. The minimum Gasteiger partial charge on any atom is -0.394 e. The lowest BCUT2D eigenvalue weighted by atomic mass is 9.66. The van der Waals surface area contributed by atoms with E-state index in [1.807, 2.05) is 6.92 Å². The molecule has 0 amide bonds. The monoisotopic (exact) mass is 318 g/mol. The molecule has 0 aromatic heterocycles. The van der Waals surface area contributed by atoms with Crippen molar-refractivity contribution in [3.8, 4) is 0 Å². The minimum absolute atomic E-state index is 0.156. The molecule has 5 atom stereocenters. The quantitative estimate of drug-likeness (QED) is 0.498. The second kappa shape index (κ2) is 7.11. The standard InChI is InChI=1S/C16H30O6/c1-2-3-9-15(20)14(19)16(21,11-7-5-4-6-8-11)13(18)12(10-17)22-15/h11-14,17-21H,2-10H2,1H3/t12-,13-,14+,15-,16+/m1/s1. The van der Waals surface area contributed by atoms with E-state index in [0.717, 1.165) is 25.7 Å². The van der Waals surface area contributed by atoms with Crippen molar-refractivity contribution in [3.63, 3.8) is 0 Å². The molecule has 0 aromatic rings. The lowest BCUT2D eigenvalue weighted by Gasteiger charge is -2.55. The maximum Gasteiger partial charge on any atom is 0.195 e. The summed E-state index contributed by atoms with van der Waals surface area (Å²) >= 11 is 0. The van der Waals surface area contributed by atoms with E-state index in [1.54, 1.807) is 0 Å². The van der Waals surface area contributed by atoms with Gasteiger partial charge in [-0.1, -0.05) is 32.6 Å². The normalized spacial score (nSPS) is 44.2. The molecule has 5 N–H and O–H groups in total. The Labute approximate surface area is 131 Å². The van der Waals surface area contributed by atoms with Gasteiger partial charge in [-0.3, -0.25) is 0 Å². The summed E-state index contributed by atoms with van der Waals surface area (Å²) in [6.45, 7) is 1.43. The Morgan fingerprint density at radius 3 is 2.27 bits per heavy atom. The Morgan fingerprint density at radius 1 is 1.09 bits per heavy atom. The smallest absolute Gasteiger partial charge is 0.195 e. The molecule has 1 saturated carbocycles. The molecule has 0 spiro atoms. The lowest BCUT2D eigenvalue weighted by molar-refractivity contribution is -0.387. The predicted octanol–water partition coefficient (Wildman–Crippen LogP) is 0.289. The number of aliphatic hydroxyl groups is 5. The average molecular weight is 318 g/mol. The fourth-order valence-corrected chi connectivity index (χ4v) is 4.00. The highest BCUT2D eigenvalue weighted by molar-refractivity contribution is 5.09. The zero-order chi connectivity index (χ0) is 16.4. The fraction of sp³-hybridized carbons (Fsp3) is 1.00. The van der Waals surface area contributed by atoms with Crippen LogP contribution in [0.2, 0.25) is 0 Å². The summed E-state index contributed by atoms with van der Waals surface area (Å²) in [6, 6.07) is 0. The SMILES string of the molecule is CCCC[C@@]1(O)O[C@H](CO)[C@@H](O)[C@@](O)(C2CCCCC2)[C@H]1O. The molecular formula is C16H30O6. The molecule has 22 heavy (non-hydrogen) atoms. The van der Waals surface area contributed by atoms with E-state index >= 15 is 0 Å². The van der Waals surface area contributed by atoms with Crippen molar-refractivity contribution < 1.29 is 30.3 Å². The third-order valence-corrected chi connectivity index (χ3v) is 5.37. The van der Waals surface area contributed by atoms with Gasteiger partial charge in [-0.05, 0) is 25.2 Å². The highest BCUT2D eigenvalue weighted by Gasteiger charge is 2.63. The van der Waals surface area contributed by atoms with Crippen LogP contribution in [0.15, 0.2) is 0 Å². The van der Waals surface area contributed by atoms with Crippen molar-refractivity contribution in [2.45, 2.75) is 88.0 Å². The Balaban J connectivity index is 2.30. The summed E-state index contributed by atoms with van der Waals surface area (Å²) < 4.78 is 5.38. The summed E-state index contributed by atoms with van der Waals surface area (Å²) in [5.41, 5.74) is -1.85. The number of ether oxygens (including phenoxy) is 1.